The summed E-state index contributed by atoms with van der Waals surface area (Å²) in [7, 11) is 0. The third kappa shape index (κ3) is 2.65. The molecule has 13 heavy (non-hydrogen) atoms. The molecule has 0 radical (unpaired) electrons. The summed E-state index contributed by atoms with van der Waals surface area (Å²) in [4.78, 5) is 0. The van der Waals surface area contributed by atoms with Crippen molar-refractivity contribution in [1.29, 1.82) is 0 Å². The van der Waals surface area contributed by atoms with Gasteiger partial charge in [-0.05, 0) is 51.9 Å². The zero-order chi connectivity index (χ0) is 9.26. The highest BCUT2D eigenvalue weighted by Crippen LogP contribution is 2.38. The number of halogens is 1. The Morgan fingerprint density at radius 2 is 2.46 bits per heavy atom. The van der Waals surface area contributed by atoms with E-state index in [1.807, 2.05) is 0 Å². The van der Waals surface area contributed by atoms with E-state index in [9.17, 15) is 0 Å². The summed E-state index contributed by atoms with van der Waals surface area (Å²) in [6.07, 6.45) is 3.97. The van der Waals surface area contributed by atoms with Gasteiger partial charge in [-0.25, -0.2) is 0 Å². The van der Waals surface area contributed by atoms with Crippen molar-refractivity contribution in [3.05, 3.63) is 19.9 Å². The normalized spacial score (nSPS) is 18.9. The lowest BCUT2D eigenvalue weighted by molar-refractivity contribution is 0.488. The highest BCUT2D eigenvalue weighted by Gasteiger charge is 2.26. The zero-order valence-electron chi connectivity index (χ0n) is 7.29. The fourth-order valence-electron chi connectivity index (χ4n) is 1.49. The van der Waals surface area contributed by atoms with E-state index in [1.54, 1.807) is 11.3 Å². The quantitative estimate of drug-likeness (QED) is 0.510. The number of hydrazine groups is 1. The summed E-state index contributed by atoms with van der Waals surface area (Å²) < 4.78 is 1.34. The fourth-order valence-corrected chi connectivity index (χ4v) is 2.92. The summed E-state index contributed by atoms with van der Waals surface area (Å²) in [6, 6.07) is 2.59. The van der Waals surface area contributed by atoms with Crippen LogP contribution >= 0.6 is 33.9 Å². The van der Waals surface area contributed by atoms with E-state index in [0.717, 1.165) is 5.92 Å². The lowest BCUT2D eigenvalue weighted by Crippen LogP contribution is -2.28. The van der Waals surface area contributed by atoms with E-state index in [1.165, 1.54) is 27.7 Å². The maximum absolute atomic E-state index is 5.54. The fraction of sp³-hybridized carbons (Fsp3) is 0.556. The van der Waals surface area contributed by atoms with Crippen LogP contribution in [0.5, 0.6) is 0 Å². The van der Waals surface area contributed by atoms with Crippen molar-refractivity contribution in [2.75, 3.05) is 0 Å². The molecule has 2 nitrogen and oxygen atoms in total. The van der Waals surface area contributed by atoms with E-state index in [0.29, 0.717) is 6.04 Å². The molecule has 0 aliphatic heterocycles. The first-order chi connectivity index (χ1) is 6.29. The predicted octanol–water partition coefficient (Wildman–Crippen LogP) is 2.66. The minimum absolute atomic E-state index is 0.368. The molecule has 4 heteroatoms. The molecule has 1 aliphatic carbocycles. The van der Waals surface area contributed by atoms with Crippen LogP contribution in [0.15, 0.2) is 11.4 Å². The molecule has 0 amide bonds. The molecule has 3 N–H and O–H groups in total. The second-order valence-electron chi connectivity index (χ2n) is 3.58. The lowest BCUT2D eigenvalue weighted by atomic mass is 10.1. The summed E-state index contributed by atoms with van der Waals surface area (Å²) in [5.41, 5.74) is 4.26. The van der Waals surface area contributed by atoms with Crippen LogP contribution < -0.4 is 11.3 Å². The van der Waals surface area contributed by atoms with Gasteiger partial charge < -0.3 is 0 Å². The molecule has 1 aromatic rings. The molecule has 0 bridgehead atoms. The van der Waals surface area contributed by atoms with Crippen molar-refractivity contribution < 1.29 is 0 Å². The Kier molecular flexibility index (Phi) is 3.23. The molecule has 1 aromatic heterocycles. The van der Waals surface area contributed by atoms with Crippen LogP contribution in [0.3, 0.4) is 0 Å². The Morgan fingerprint density at radius 1 is 1.69 bits per heavy atom. The molecule has 0 aromatic carbocycles. The van der Waals surface area contributed by atoms with Crippen molar-refractivity contribution in [2.45, 2.75) is 25.3 Å². The van der Waals surface area contributed by atoms with E-state index in [4.69, 9.17) is 5.84 Å². The molecular formula is C9H13IN2S. The first-order valence-corrected chi connectivity index (χ1v) is 6.45. The lowest BCUT2D eigenvalue weighted by Gasteiger charge is -2.13. The Morgan fingerprint density at radius 3 is 2.92 bits per heavy atom. The van der Waals surface area contributed by atoms with Crippen molar-refractivity contribution in [2.24, 2.45) is 11.8 Å². The van der Waals surface area contributed by atoms with Gasteiger partial charge in [0, 0.05) is 6.04 Å². The van der Waals surface area contributed by atoms with Crippen LogP contribution in [0.2, 0.25) is 0 Å². The molecule has 1 atom stereocenters. The molecule has 1 fully saturated rings. The van der Waals surface area contributed by atoms with Crippen LogP contribution in [0.25, 0.3) is 0 Å². The van der Waals surface area contributed by atoms with Gasteiger partial charge in [0.25, 0.3) is 0 Å². The standard InChI is InChI=1S/C9H13IN2S/c10-9-4-7(5-13-9)8(12-11)3-6-1-2-6/h4-6,8,12H,1-3,11H2. The van der Waals surface area contributed by atoms with Crippen LogP contribution in [-0.2, 0) is 0 Å². The average molecular weight is 308 g/mol. The minimum Gasteiger partial charge on any atom is -0.271 e. The SMILES string of the molecule is NNC(CC1CC1)c1csc(I)c1. The molecule has 0 saturated heterocycles. The van der Waals surface area contributed by atoms with Gasteiger partial charge in [-0.1, -0.05) is 12.8 Å². The third-order valence-corrected chi connectivity index (χ3v) is 4.26. The van der Waals surface area contributed by atoms with E-state index >= 15 is 0 Å². The highest BCUT2D eigenvalue weighted by atomic mass is 127. The first kappa shape index (κ1) is 9.89. The third-order valence-electron chi connectivity index (χ3n) is 2.46. The second-order valence-corrected chi connectivity index (χ2v) is 6.39. The van der Waals surface area contributed by atoms with Crippen LogP contribution in [0.1, 0.15) is 30.9 Å². The van der Waals surface area contributed by atoms with Gasteiger partial charge >= 0.3 is 0 Å². The number of hydrogen-bond donors (Lipinski definition) is 2. The number of rotatable bonds is 4. The Bertz CT molecular complexity index is 283. The Balaban J connectivity index is 2.01. The molecule has 1 unspecified atom stereocenters. The van der Waals surface area contributed by atoms with Crippen LogP contribution in [-0.4, -0.2) is 0 Å². The summed E-state index contributed by atoms with van der Waals surface area (Å²) in [5, 5.41) is 2.20. The van der Waals surface area contributed by atoms with E-state index in [2.05, 4.69) is 39.5 Å². The monoisotopic (exact) mass is 308 g/mol. The van der Waals surface area contributed by atoms with Gasteiger partial charge in [-0.3, -0.25) is 11.3 Å². The summed E-state index contributed by atoms with van der Waals surface area (Å²) >= 11 is 4.14. The number of hydrogen-bond acceptors (Lipinski definition) is 3. The van der Waals surface area contributed by atoms with Gasteiger partial charge in [-0.15, -0.1) is 11.3 Å². The molecular weight excluding hydrogens is 295 g/mol. The first-order valence-electron chi connectivity index (χ1n) is 4.49. The highest BCUT2D eigenvalue weighted by molar-refractivity contribution is 14.1. The molecule has 0 spiro atoms. The van der Waals surface area contributed by atoms with Gasteiger partial charge in [0.2, 0.25) is 0 Å². The van der Waals surface area contributed by atoms with Crippen molar-refractivity contribution in [3.8, 4) is 0 Å². The maximum Gasteiger partial charge on any atom is 0.0656 e. The predicted molar refractivity (Wildman–Crippen MR) is 64.4 cm³/mol. The Hall–Kier alpha value is 0.350. The summed E-state index contributed by atoms with van der Waals surface area (Å²) in [6.45, 7) is 0. The topological polar surface area (TPSA) is 38.0 Å². The van der Waals surface area contributed by atoms with Crippen molar-refractivity contribution in [3.63, 3.8) is 0 Å². The van der Waals surface area contributed by atoms with Crippen molar-refractivity contribution >= 4 is 33.9 Å². The summed E-state index contributed by atoms with van der Waals surface area (Å²) in [5.74, 6) is 6.46. The largest absolute Gasteiger partial charge is 0.271 e. The van der Waals surface area contributed by atoms with E-state index in [-0.39, 0.29) is 0 Å². The smallest absolute Gasteiger partial charge is 0.0656 e. The Labute approximate surface area is 96.0 Å². The van der Waals surface area contributed by atoms with Crippen LogP contribution in [0, 0.1) is 8.80 Å². The molecule has 2 rings (SSSR count). The van der Waals surface area contributed by atoms with Crippen molar-refractivity contribution in [1.82, 2.24) is 5.43 Å². The van der Waals surface area contributed by atoms with Gasteiger partial charge in [0.15, 0.2) is 0 Å². The van der Waals surface area contributed by atoms with Crippen LogP contribution in [0.4, 0.5) is 0 Å². The van der Waals surface area contributed by atoms with Gasteiger partial charge in [0.1, 0.15) is 0 Å². The van der Waals surface area contributed by atoms with Gasteiger partial charge in [-0.2, -0.15) is 0 Å². The van der Waals surface area contributed by atoms with E-state index < -0.39 is 0 Å². The molecule has 1 saturated carbocycles. The average Bonchev–Trinajstić information content (AvgIpc) is 2.84. The molecule has 72 valence electrons. The minimum atomic E-state index is 0.368. The maximum atomic E-state index is 5.54. The molecule has 1 aliphatic rings. The van der Waals surface area contributed by atoms with Gasteiger partial charge in [0.05, 0.1) is 2.88 Å². The zero-order valence-corrected chi connectivity index (χ0v) is 10.3. The number of nitrogens with two attached hydrogens (primary N) is 1. The number of nitrogens with one attached hydrogen (secondary N) is 1. The second kappa shape index (κ2) is 4.25. The molecule has 1 heterocycles. The number of thiophene rings is 1.